The molecule has 0 atom stereocenters. The molecular weight excluding hydrogens is 256 g/mol. The van der Waals surface area contributed by atoms with Crippen LogP contribution >= 0.6 is 11.6 Å². The smallest absolute Gasteiger partial charge is 0.101 e. The van der Waals surface area contributed by atoms with Crippen LogP contribution in [0.4, 0.5) is 5.69 Å². The van der Waals surface area contributed by atoms with Crippen LogP contribution in [-0.4, -0.2) is 0 Å². The van der Waals surface area contributed by atoms with Crippen LogP contribution in [-0.2, 0) is 6.54 Å². The molecule has 0 saturated heterocycles. The molecule has 3 heteroatoms. The van der Waals surface area contributed by atoms with Gasteiger partial charge in [-0.1, -0.05) is 29.8 Å². The van der Waals surface area contributed by atoms with Crippen molar-refractivity contribution >= 4 is 17.3 Å². The van der Waals surface area contributed by atoms with Crippen molar-refractivity contribution in [3.63, 3.8) is 0 Å². The van der Waals surface area contributed by atoms with Gasteiger partial charge in [-0.05, 0) is 48.7 Å². The molecular formula is C16H15ClN2. The first kappa shape index (κ1) is 13.5. The van der Waals surface area contributed by atoms with E-state index in [0.717, 1.165) is 12.2 Å². The molecule has 0 bridgehead atoms. The lowest BCUT2D eigenvalue weighted by Crippen LogP contribution is -2.02. The molecule has 2 rings (SSSR count). The summed E-state index contributed by atoms with van der Waals surface area (Å²) in [4.78, 5) is 0. The van der Waals surface area contributed by atoms with Crippen LogP contribution in [0, 0.1) is 25.2 Å². The summed E-state index contributed by atoms with van der Waals surface area (Å²) in [7, 11) is 0. The van der Waals surface area contributed by atoms with Crippen LogP contribution in [0.1, 0.15) is 22.3 Å². The van der Waals surface area contributed by atoms with Crippen LogP contribution in [0.25, 0.3) is 0 Å². The molecule has 0 spiro atoms. The monoisotopic (exact) mass is 270 g/mol. The Morgan fingerprint density at radius 1 is 1.21 bits per heavy atom. The fourth-order valence-corrected chi connectivity index (χ4v) is 2.14. The molecule has 0 aliphatic heterocycles. The lowest BCUT2D eigenvalue weighted by Gasteiger charge is -2.11. The second kappa shape index (κ2) is 5.77. The van der Waals surface area contributed by atoms with Gasteiger partial charge in [0.1, 0.15) is 6.07 Å². The van der Waals surface area contributed by atoms with Crippen molar-refractivity contribution in [2.75, 3.05) is 5.32 Å². The van der Waals surface area contributed by atoms with Gasteiger partial charge in [0.2, 0.25) is 0 Å². The van der Waals surface area contributed by atoms with Crippen LogP contribution in [0.3, 0.4) is 0 Å². The molecule has 2 nitrogen and oxygen atoms in total. The van der Waals surface area contributed by atoms with Crippen LogP contribution < -0.4 is 5.32 Å². The predicted molar refractivity (Wildman–Crippen MR) is 79.4 cm³/mol. The van der Waals surface area contributed by atoms with E-state index in [0.29, 0.717) is 10.6 Å². The molecule has 19 heavy (non-hydrogen) atoms. The van der Waals surface area contributed by atoms with Crippen molar-refractivity contribution in [2.24, 2.45) is 0 Å². The van der Waals surface area contributed by atoms with E-state index in [1.807, 2.05) is 6.07 Å². The highest BCUT2D eigenvalue weighted by Gasteiger charge is 2.03. The van der Waals surface area contributed by atoms with Gasteiger partial charge >= 0.3 is 0 Å². The first-order valence-electron chi connectivity index (χ1n) is 6.10. The largest absolute Gasteiger partial charge is 0.381 e. The maximum absolute atomic E-state index is 8.83. The summed E-state index contributed by atoms with van der Waals surface area (Å²) in [6.07, 6.45) is 0. The fraction of sp³-hybridized carbons (Fsp3) is 0.188. The van der Waals surface area contributed by atoms with Crippen molar-refractivity contribution in [1.82, 2.24) is 0 Å². The van der Waals surface area contributed by atoms with Crippen molar-refractivity contribution < 1.29 is 0 Å². The first-order valence-corrected chi connectivity index (χ1v) is 6.48. The Kier molecular flexibility index (Phi) is 4.09. The number of hydrogen-bond donors (Lipinski definition) is 1. The number of nitrogens with one attached hydrogen (secondary N) is 1. The summed E-state index contributed by atoms with van der Waals surface area (Å²) in [5, 5.41) is 12.6. The van der Waals surface area contributed by atoms with E-state index in [-0.39, 0.29) is 0 Å². The van der Waals surface area contributed by atoms with E-state index in [9.17, 15) is 0 Å². The molecule has 2 aromatic carbocycles. The third-order valence-corrected chi connectivity index (χ3v) is 3.60. The van der Waals surface area contributed by atoms with Crippen LogP contribution in [0.2, 0.25) is 5.02 Å². The molecule has 0 fully saturated rings. The number of nitrogens with zero attached hydrogens (tertiary/aromatic N) is 1. The standard InChI is InChI=1S/C16H15ClN2/c1-11-4-3-5-14(12(11)2)10-19-15-7-6-13(9-18)16(17)8-15/h3-8,19H,10H2,1-2H3. The fourth-order valence-electron chi connectivity index (χ4n) is 1.92. The maximum Gasteiger partial charge on any atom is 0.101 e. The van der Waals surface area contributed by atoms with Gasteiger partial charge in [0.15, 0.2) is 0 Å². The van der Waals surface area contributed by atoms with E-state index in [1.165, 1.54) is 16.7 Å². The summed E-state index contributed by atoms with van der Waals surface area (Å²) < 4.78 is 0. The van der Waals surface area contributed by atoms with Gasteiger partial charge in [-0.25, -0.2) is 0 Å². The lowest BCUT2D eigenvalue weighted by atomic mass is 10.0. The lowest BCUT2D eigenvalue weighted by molar-refractivity contribution is 1.10. The summed E-state index contributed by atoms with van der Waals surface area (Å²) in [5.74, 6) is 0. The minimum absolute atomic E-state index is 0.480. The molecule has 0 aliphatic rings. The van der Waals surface area contributed by atoms with E-state index in [1.54, 1.807) is 12.1 Å². The summed E-state index contributed by atoms with van der Waals surface area (Å²) in [5.41, 5.74) is 5.27. The molecule has 0 aliphatic carbocycles. The zero-order valence-corrected chi connectivity index (χ0v) is 11.8. The number of benzene rings is 2. The van der Waals surface area contributed by atoms with Gasteiger partial charge in [-0.3, -0.25) is 0 Å². The predicted octanol–water partition coefficient (Wildman–Crippen LogP) is 4.44. The normalized spacial score (nSPS) is 10.0. The molecule has 0 heterocycles. The average Bonchev–Trinajstić information content (AvgIpc) is 2.40. The Bertz CT molecular complexity index is 642. The quantitative estimate of drug-likeness (QED) is 0.895. The molecule has 0 radical (unpaired) electrons. The topological polar surface area (TPSA) is 35.8 Å². The average molecular weight is 271 g/mol. The van der Waals surface area contributed by atoms with Gasteiger partial charge in [0.25, 0.3) is 0 Å². The van der Waals surface area contributed by atoms with Crippen molar-refractivity contribution in [2.45, 2.75) is 20.4 Å². The van der Waals surface area contributed by atoms with Crippen molar-refractivity contribution in [1.29, 1.82) is 5.26 Å². The Morgan fingerprint density at radius 3 is 2.68 bits per heavy atom. The third kappa shape index (κ3) is 3.07. The maximum atomic E-state index is 8.83. The Balaban J connectivity index is 2.13. The van der Waals surface area contributed by atoms with Gasteiger partial charge in [-0.2, -0.15) is 5.26 Å². The summed E-state index contributed by atoms with van der Waals surface area (Å²) in [6.45, 7) is 4.98. The van der Waals surface area contributed by atoms with E-state index < -0.39 is 0 Å². The SMILES string of the molecule is Cc1cccc(CNc2ccc(C#N)c(Cl)c2)c1C. The summed E-state index contributed by atoms with van der Waals surface area (Å²) in [6, 6.07) is 13.7. The molecule has 0 amide bonds. The minimum Gasteiger partial charge on any atom is -0.381 e. The zero-order valence-electron chi connectivity index (χ0n) is 11.0. The number of halogens is 1. The van der Waals surface area contributed by atoms with Gasteiger partial charge in [-0.15, -0.1) is 0 Å². The molecule has 1 N–H and O–H groups in total. The molecule has 0 unspecified atom stereocenters. The number of hydrogen-bond acceptors (Lipinski definition) is 2. The summed E-state index contributed by atoms with van der Waals surface area (Å²) >= 11 is 6.01. The van der Waals surface area contributed by atoms with Crippen molar-refractivity contribution in [3.8, 4) is 6.07 Å². The molecule has 0 aromatic heterocycles. The second-order valence-electron chi connectivity index (χ2n) is 4.52. The van der Waals surface area contributed by atoms with Gasteiger partial charge in [0, 0.05) is 12.2 Å². The first-order chi connectivity index (χ1) is 9.11. The highest BCUT2D eigenvalue weighted by atomic mass is 35.5. The van der Waals surface area contributed by atoms with Crippen LogP contribution in [0.5, 0.6) is 0 Å². The number of rotatable bonds is 3. The third-order valence-electron chi connectivity index (χ3n) is 3.29. The Labute approximate surface area is 118 Å². The highest BCUT2D eigenvalue weighted by Crippen LogP contribution is 2.21. The Hall–Kier alpha value is -1.98. The van der Waals surface area contributed by atoms with Crippen molar-refractivity contribution in [3.05, 3.63) is 63.7 Å². The molecule has 2 aromatic rings. The molecule has 0 saturated carbocycles. The number of aryl methyl sites for hydroxylation is 1. The number of anilines is 1. The van der Waals surface area contributed by atoms with Crippen LogP contribution in [0.15, 0.2) is 36.4 Å². The zero-order chi connectivity index (χ0) is 13.8. The van der Waals surface area contributed by atoms with E-state index in [4.69, 9.17) is 16.9 Å². The van der Waals surface area contributed by atoms with Gasteiger partial charge < -0.3 is 5.32 Å². The minimum atomic E-state index is 0.480. The molecule has 96 valence electrons. The highest BCUT2D eigenvalue weighted by molar-refractivity contribution is 6.32. The number of nitriles is 1. The van der Waals surface area contributed by atoms with Gasteiger partial charge in [0.05, 0.1) is 10.6 Å². The van der Waals surface area contributed by atoms with E-state index >= 15 is 0 Å². The second-order valence-corrected chi connectivity index (χ2v) is 4.93. The van der Waals surface area contributed by atoms with E-state index in [2.05, 4.69) is 43.4 Å². The Morgan fingerprint density at radius 2 is 2.00 bits per heavy atom.